The summed E-state index contributed by atoms with van der Waals surface area (Å²) >= 11 is 0. The molecule has 2 aromatic rings. The van der Waals surface area contributed by atoms with Gasteiger partial charge < -0.3 is 20.7 Å². The zero-order valence-corrected chi connectivity index (χ0v) is 14.5. The van der Waals surface area contributed by atoms with Gasteiger partial charge in [-0.05, 0) is 36.8 Å². The predicted octanol–water partition coefficient (Wildman–Crippen LogP) is 2.89. The highest BCUT2D eigenvalue weighted by molar-refractivity contribution is 5.98. The second-order valence-corrected chi connectivity index (χ2v) is 5.44. The molecule has 25 heavy (non-hydrogen) atoms. The van der Waals surface area contributed by atoms with Gasteiger partial charge in [0.2, 0.25) is 5.91 Å². The summed E-state index contributed by atoms with van der Waals surface area (Å²) in [5.74, 6) is 0.312. The van der Waals surface area contributed by atoms with Crippen LogP contribution in [0.25, 0.3) is 0 Å². The van der Waals surface area contributed by atoms with Crippen molar-refractivity contribution in [2.75, 3.05) is 30.8 Å². The van der Waals surface area contributed by atoms with E-state index in [1.165, 1.54) is 0 Å². The van der Waals surface area contributed by atoms with Crippen molar-refractivity contribution in [3.63, 3.8) is 0 Å². The third-order valence-electron chi connectivity index (χ3n) is 3.49. The van der Waals surface area contributed by atoms with Gasteiger partial charge in [-0.15, -0.1) is 0 Å². The predicted molar refractivity (Wildman–Crippen MR) is 99.2 cm³/mol. The largest absolute Gasteiger partial charge is 0.495 e. The van der Waals surface area contributed by atoms with Crippen LogP contribution < -0.4 is 20.7 Å². The highest BCUT2D eigenvalue weighted by Crippen LogP contribution is 2.22. The van der Waals surface area contributed by atoms with Crippen molar-refractivity contribution in [3.05, 3.63) is 54.1 Å². The van der Waals surface area contributed by atoms with Crippen LogP contribution in [-0.2, 0) is 4.79 Å². The standard InChI is InChI=1S/C19H23N3O3/c1-3-11-20-19(24)14-7-6-8-15(12-14)22-18(23)13-21-16-9-4-5-10-17(16)25-2/h4-10,12,21H,3,11,13H2,1-2H3,(H,20,24)(H,22,23). The number of hydrogen-bond donors (Lipinski definition) is 3. The number of nitrogens with one attached hydrogen (secondary N) is 3. The molecular formula is C19H23N3O3. The van der Waals surface area contributed by atoms with Crippen molar-refractivity contribution in [3.8, 4) is 5.75 Å². The number of amides is 2. The summed E-state index contributed by atoms with van der Waals surface area (Å²) in [6, 6.07) is 14.2. The zero-order valence-electron chi connectivity index (χ0n) is 14.5. The van der Waals surface area contributed by atoms with Crippen molar-refractivity contribution in [1.29, 1.82) is 0 Å². The highest BCUT2D eigenvalue weighted by Gasteiger charge is 2.08. The van der Waals surface area contributed by atoms with Crippen molar-refractivity contribution in [1.82, 2.24) is 5.32 Å². The first kappa shape index (κ1) is 18.3. The Hall–Kier alpha value is -3.02. The Kier molecular flexibility index (Phi) is 6.83. The minimum Gasteiger partial charge on any atom is -0.495 e. The molecule has 2 aromatic carbocycles. The molecule has 0 heterocycles. The van der Waals surface area contributed by atoms with E-state index >= 15 is 0 Å². The number of carbonyl (C=O) groups is 2. The number of benzene rings is 2. The topological polar surface area (TPSA) is 79.5 Å². The summed E-state index contributed by atoms with van der Waals surface area (Å²) in [7, 11) is 1.58. The molecule has 0 aliphatic carbocycles. The second kappa shape index (κ2) is 9.32. The molecule has 0 atom stereocenters. The van der Waals surface area contributed by atoms with E-state index in [2.05, 4.69) is 16.0 Å². The van der Waals surface area contributed by atoms with Crippen molar-refractivity contribution in [2.24, 2.45) is 0 Å². The summed E-state index contributed by atoms with van der Waals surface area (Å²) in [5.41, 5.74) is 1.84. The smallest absolute Gasteiger partial charge is 0.251 e. The van der Waals surface area contributed by atoms with Crippen LogP contribution >= 0.6 is 0 Å². The molecule has 2 amide bonds. The maximum Gasteiger partial charge on any atom is 0.251 e. The lowest BCUT2D eigenvalue weighted by Gasteiger charge is -2.11. The van der Waals surface area contributed by atoms with Gasteiger partial charge in [0.15, 0.2) is 0 Å². The van der Waals surface area contributed by atoms with Crippen molar-refractivity contribution in [2.45, 2.75) is 13.3 Å². The van der Waals surface area contributed by atoms with E-state index in [1.807, 2.05) is 31.2 Å². The molecule has 2 rings (SSSR count). The molecule has 6 heteroatoms. The van der Waals surface area contributed by atoms with E-state index in [9.17, 15) is 9.59 Å². The fourth-order valence-corrected chi connectivity index (χ4v) is 2.25. The van der Waals surface area contributed by atoms with E-state index in [4.69, 9.17) is 4.74 Å². The Morgan fingerprint density at radius 1 is 1.08 bits per heavy atom. The summed E-state index contributed by atoms with van der Waals surface area (Å²) < 4.78 is 5.23. The third-order valence-corrected chi connectivity index (χ3v) is 3.49. The summed E-state index contributed by atoms with van der Waals surface area (Å²) in [6.45, 7) is 2.70. The quantitative estimate of drug-likeness (QED) is 0.690. The van der Waals surface area contributed by atoms with Crippen LogP contribution in [0.2, 0.25) is 0 Å². The lowest BCUT2D eigenvalue weighted by atomic mass is 10.2. The molecule has 0 aromatic heterocycles. The van der Waals surface area contributed by atoms with Gasteiger partial charge in [-0.2, -0.15) is 0 Å². The van der Waals surface area contributed by atoms with Gasteiger partial charge in [-0.1, -0.05) is 25.1 Å². The van der Waals surface area contributed by atoms with Crippen LogP contribution in [0, 0.1) is 0 Å². The molecule has 0 unspecified atom stereocenters. The Morgan fingerprint density at radius 3 is 2.64 bits per heavy atom. The molecule has 0 saturated heterocycles. The van der Waals surface area contributed by atoms with Gasteiger partial charge in [-0.3, -0.25) is 9.59 Å². The fourth-order valence-electron chi connectivity index (χ4n) is 2.25. The van der Waals surface area contributed by atoms with Crippen LogP contribution in [-0.4, -0.2) is 32.0 Å². The Labute approximate surface area is 147 Å². The number of anilines is 2. The molecule has 0 radical (unpaired) electrons. The first-order valence-electron chi connectivity index (χ1n) is 8.19. The van der Waals surface area contributed by atoms with Crippen LogP contribution in [0.4, 0.5) is 11.4 Å². The third kappa shape index (κ3) is 5.53. The van der Waals surface area contributed by atoms with E-state index in [-0.39, 0.29) is 18.4 Å². The van der Waals surface area contributed by atoms with Crippen LogP contribution in [0.3, 0.4) is 0 Å². The van der Waals surface area contributed by atoms with E-state index in [1.54, 1.807) is 31.4 Å². The molecule has 0 aliphatic rings. The molecule has 0 aliphatic heterocycles. The molecule has 6 nitrogen and oxygen atoms in total. The number of para-hydroxylation sites is 2. The average Bonchev–Trinajstić information content (AvgIpc) is 2.64. The van der Waals surface area contributed by atoms with Gasteiger partial charge in [0.05, 0.1) is 19.3 Å². The molecular weight excluding hydrogens is 318 g/mol. The lowest BCUT2D eigenvalue weighted by Crippen LogP contribution is -2.25. The second-order valence-electron chi connectivity index (χ2n) is 5.44. The summed E-state index contributed by atoms with van der Waals surface area (Å²) in [4.78, 5) is 24.1. The zero-order chi connectivity index (χ0) is 18.1. The average molecular weight is 341 g/mol. The SMILES string of the molecule is CCCNC(=O)c1cccc(NC(=O)CNc2ccccc2OC)c1. The van der Waals surface area contributed by atoms with Gasteiger partial charge in [0, 0.05) is 17.8 Å². The maximum atomic E-state index is 12.1. The number of carbonyl (C=O) groups excluding carboxylic acids is 2. The van der Waals surface area contributed by atoms with Crippen LogP contribution in [0.15, 0.2) is 48.5 Å². The van der Waals surface area contributed by atoms with Gasteiger partial charge in [0.1, 0.15) is 5.75 Å². The van der Waals surface area contributed by atoms with E-state index < -0.39 is 0 Å². The molecule has 0 fully saturated rings. The highest BCUT2D eigenvalue weighted by atomic mass is 16.5. The lowest BCUT2D eigenvalue weighted by molar-refractivity contribution is -0.114. The minimum atomic E-state index is -0.211. The summed E-state index contributed by atoms with van der Waals surface area (Å²) in [6.07, 6.45) is 0.872. The van der Waals surface area contributed by atoms with Crippen molar-refractivity contribution >= 4 is 23.2 Å². The fraction of sp³-hybridized carbons (Fsp3) is 0.263. The maximum absolute atomic E-state index is 12.1. The van der Waals surface area contributed by atoms with Gasteiger partial charge in [0.25, 0.3) is 5.91 Å². The monoisotopic (exact) mass is 341 g/mol. The molecule has 0 saturated carbocycles. The number of hydrogen-bond acceptors (Lipinski definition) is 4. The number of ether oxygens (including phenoxy) is 1. The Morgan fingerprint density at radius 2 is 1.88 bits per heavy atom. The normalized spacial score (nSPS) is 10.0. The van der Waals surface area contributed by atoms with Gasteiger partial charge in [-0.25, -0.2) is 0 Å². The number of rotatable bonds is 8. The van der Waals surface area contributed by atoms with E-state index in [0.717, 1.165) is 12.1 Å². The van der Waals surface area contributed by atoms with E-state index in [0.29, 0.717) is 23.5 Å². The van der Waals surface area contributed by atoms with Crippen LogP contribution in [0.1, 0.15) is 23.7 Å². The summed E-state index contributed by atoms with van der Waals surface area (Å²) in [5, 5.41) is 8.62. The number of methoxy groups -OCH3 is 1. The first-order chi connectivity index (χ1) is 12.1. The molecule has 3 N–H and O–H groups in total. The Bertz CT molecular complexity index is 731. The van der Waals surface area contributed by atoms with Crippen LogP contribution in [0.5, 0.6) is 5.75 Å². The molecule has 0 spiro atoms. The molecule has 0 bridgehead atoms. The first-order valence-corrected chi connectivity index (χ1v) is 8.19. The van der Waals surface area contributed by atoms with Crippen molar-refractivity contribution < 1.29 is 14.3 Å². The van der Waals surface area contributed by atoms with Gasteiger partial charge >= 0.3 is 0 Å². The minimum absolute atomic E-state index is 0.0899. The molecule has 132 valence electrons. The Balaban J connectivity index is 1.93.